The first-order valence-electron chi connectivity index (χ1n) is 9.07. The van der Waals surface area contributed by atoms with Crippen molar-refractivity contribution < 1.29 is 19.7 Å². The Hall–Kier alpha value is -1.60. The number of halogens is 1. The molecule has 0 aromatic heterocycles. The molecule has 0 heterocycles. The number of benzene rings is 2. The monoisotopic (exact) mass is 437 g/mol. The third-order valence-electron chi connectivity index (χ3n) is 4.20. The summed E-state index contributed by atoms with van der Waals surface area (Å²) in [5.41, 5.74) is 2.30. The van der Waals surface area contributed by atoms with Crippen LogP contribution in [-0.4, -0.2) is 49.2 Å². The number of aliphatic hydroxyl groups is 1. The quantitative estimate of drug-likeness (QED) is 0.502. The van der Waals surface area contributed by atoms with Gasteiger partial charge in [-0.2, -0.15) is 0 Å². The standard InChI is InChI=1S/C21H28BrNO4/c1-15(11-16-3-6-18(24)7-4-16)23-13-19(25)14-27-21-8-5-17(9-10-26-2)12-20(21)22/h3-8,12,15,19,23-25H,9-11,13-14H2,1-2H3. The molecule has 2 rings (SSSR count). The minimum atomic E-state index is -0.604. The highest BCUT2D eigenvalue weighted by Gasteiger charge is 2.10. The summed E-state index contributed by atoms with van der Waals surface area (Å²) >= 11 is 3.51. The molecule has 148 valence electrons. The number of phenols is 1. The van der Waals surface area contributed by atoms with Gasteiger partial charge < -0.3 is 25.0 Å². The lowest BCUT2D eigenvalue weighted by molar-refractivity contribution is 0.104. The lowest BCUT2D eigenvalue weighted by atomic mass is 10.1. The first kappa shape index (κ1) is 21.7. The largest absolute Gasteiger partial charge is 0.508 e. The average Bonchev–Trinajstić information content (AvgIpc) is 2.65. The minimum absolute atomic E-state index is 0.205. The van der Waals surface area contributed by atoms with E-state index in [1.54, 1.807) is 19.2 Å². The van der Waals surface area contributed by atoms with E-state index in [9.17, 15) is 10.2 Å². The van der Waals surface area contributed by atoms with Crippen molar-refractivity contribution in [1.82, 2.24) is 5.32 Å². The molecule has 2 atom stereocenters. The van der Waals surface area contributed by atoms with Crippen LogP contribution in [0.2, 0.25) is 0 Å². The first-order chi connectivity index (χ1) is 13.0. The summed E-state index contributed by atoms with van der Waals surface area (Å²) in [7, 11) is 1.69. The Kier molecular flexibility index (Phi) is 9.07. The number of hydrogen-bond acceptors (Lipinski definition) is 5. The third kappa shape index (κ3) is 7.89. The van der Waals surface area contributed by atoms with E-state index in [1.807, 2.05) is 30.3 Å². The molecule has 2 unspecified atom stereocenters. The topological polar surface area (TPSA) is 71.0 Å². The van der Waals surface area contributed by atoms with Gasteiger partial charge in [0.2, 0.25) is 0 Å². The van der Waals surface area contributed by atoms with E-state index in [0.29, 0.717) is 18.9 Å². The molecule has 0 saturated carbocycles. The molecule has 0 spiro atoms. The number of ether oxygens (including phenoxy) is 2. The number of methoxy groups -OCH3 is 1. The van der Waals surface area contributed by atoms with Crippen LogP contribution >= 0.6 is 15.9 Å². The fourth-order valence-corrected chi connectivity index (χ4v) is 3.22. The summed E-state index contributed by atoms with van der Waals surface area (Å²) in [6.07, 6.45) is 1.07. The number of rotatable bonds is 11. The van der Waals surface area contributed by atoms with Crippen LogP contribution in [0, 0.1) is 0 Å². The maximum Gasteiger partial charge on any atom is 0.133 e. The van der Waals surface area contributed by atoms with Crippen LogP contribution < -0.4 is 10.1 Å². The molecule has 0 aliphatic carbocycles. The zero-order chi connectivity index (χ0) is 19.6. The SMILES string of the molecule is COCCc1ccc(OCC(O)CNC(C)Cc2ccc(O)cc2)c(Br)c1. The Labute approximate surface area is 169 Å². The number of nitrogens with one attached hydrogen (secondary N) is 1. The van der Waals surface area contributed by atoms with E-state index >= 15 is 0 Å². The fraction of sp³-hybridized carbons (Fsp3) is 0.429. The van der Waals surface area contributed by atoms with Gasteiger partial charge in [0.25, 0.3) is 0 Å². The van der Waals surface area contributed by atoms with Gasteiger partial charge in [-0.15, -0.1) is 0 Å². The Morgan fingerprint density at radius 2 is 1.81 bits per heavy atom. The molecule has 0 fully saturated rings. The smallest absolute Gasteiger partial charge is 0.133 e. The van der Waals surface area contributed by atoms with Crippen molar-refractivity contribution >= 4 is 15.9 Å². The highest BCUT2D eigenvalue weighted by Crippen LogP contribution is 2.26. The van der Waals surface area contributed by atoms with Crippen molar-refractivity contribution in [3.05, 3.63) is 58.1 Å². The highest BCUT2D eigenvalue weighted by molar-refractivity contribution is 9.10. The van der Waals surface area contributed by atoms with E-state index in [-0.39, 0.29) is 18.4 Å². The minimum Gasteiger partial charge on any atom is -0.508 e. The average molecular weight is 438 g/mol. The van der Waals surface area contributed by atoms with Crippen LogP contribution in [-0.2, 0) is 17.6 Å². The molecule has 0 amide bonds. The third-order valence-corrected chi connectivity index (χ3v) is 4.82. The lowest BCUT2D eigenvalue weighted by Gasteiger charge is -2.18. The van der Waals surface area contributed by atoms with Gasteiger partial charge in [0.15, 0.2) is 0 Å². The summed E-state index contributed by atoms with van der Waals surface area (Å²) in [6, 6.07) is 13.3. The molecule has 27 heavy (non-hydrogen) atoms. The molecule has 0 aliphatic rings. The second-order valence-corrected chi connectivity index (χ2v) is 7.51. The Bertz CT molecular complexity index is 693. The Balaban J connectivity index is 1.72. The van der Waals surface area contributed by atoms with Crippen molar-refractivity contribution in [2.45, 2.75) is 31.9 Å². The van der Waals surface area contributed by atoms with Crippen molar-refractivity contribution in [3.63, 3.8) is 0 Å². The number of aliphatic hydroxyl groups excluding tert-OH is 1. The molecule has 5 nitrogen and oxygen atoms in total. The van der Waals surface area contributed by atoms with Gasteiger partial charge in [-0.25, -0.2) is 0 Å². The van der Waals surface area contributed by atoms with Gasteiger partial charge in [0.1, 0.15) is 24.2 Å². The Morgan fingerprint density at radius 1 is 1.11 bits per heavy atom. The van der Waals surface area contributed by atoms with Crippen molar-refractivity contribution in [2.24, 2.45) is 0 Å². The van der Waals surface area contributed by atoms with Gasteiger partial charge in [-0.1, -0.05) is 18.2 Å². The maximum absolute atomic E-state index is 10.2. The maximum atomic E-state index is 10.2. The number of aromatic hydroxyl groups is 1. The highest BCUT2D eigenvalue weighted by atomic mass is 79.9. The van der Waals surface area contributed by atoms with Gasteiger partial charge in [-0.3, -0.25) is 0 Å². The fourth-order valence-electron chi connectivity index (χ4n) is 2.68. The van der Waals surface area contributed by atoms with Crippen molar-refractivity contribution in [3.8, 4) is 11.5 Å². The predicted octanol–water partition coefficient (Wildman–Crippen LogP) is 3.30. The molecule has 0 radical (unpaired) electrons. The van der Waals surface area contributed by atoms with Crippen LogP contribution in [0.1, 0.15) is 18.1 Å². The molecule has 6 heteroatoms. The van der Waals surface area contributed by atoms with E-state index in [2.05, 4.69) is 28.2 Å². The first-order valence-corrected chi connectivity index (χ1v) is 9.86. The number of hydrogen-bond donors (Lipinski definition) is 3. The Morgan fingerprint density at radius 3 is 2.48 bits per heavy atom. The van der Waals surface area contributed by atoms with Crippen LogP contribution in [0.15, 0.2) is 46.9 Å². The van der Waals surface area contributed by atoms with E-state index < -0.39 is 6.10 Å². The van der Waals surface area contributed by atoms with Gasteiger partial charge in [-0.05, 0) is 71.1 Å². The van der Waals surface area contributed by atoms with Crippen LogP contribution in [0.5, 0.6) is 11.5 Å². The summed E-state index contributed by atoms with van der Waals surface area (Å²) in [4.78, 5) is 0. The predicted molar refractivity (Wildman–Crippen MR) is 110 cm³/mol. The summed E-state index contributed by atoms with van der Waals surface area (Å²) < 4.78 is 11.7. The molecule has 2 aromatic rings. The van der Waals surface area contributed by atoms with E-state index in [4.69, 9.17) is 9.47 Å². The van der Waals surface area contributed by atoms with Crippen LogP contribution in [0.3, 0.4) is 0 Å². The second-order valence-electron chi connectivity index (χ2n) is 6.65. The van der Waals surface area contributed by atoms with Crippen molar-refractivity contribution in [1.29, 1.82) is 0 Å². The molecule has 0 bridgehead atoms. The van der Waals surface area contributed by atoms with Gasteiger partial charge >= 0.3 is 0 Å². The van der Waals surface area contributed by atoms with Crippen LogP contribution in [0.25, 0.3) is 0 Å². The zero-order valence-electron chi connectivity index (χ0n) is 15.8. The summed E-state index contributed by atoms with van der Waals surface area (Å²) in [5, 5.41) is 22.8. The number of phenolic OH excluding ortho intramolecular Hbond substituents is 1. The lowest BCUT2D eigenvalue weighted by Crippen LogP contribution is -2.37. The second kappa shape index (κ2) is 11.3. The molecular formula is C21H28BrNO4. The molecule has 3 N–H and O–H groups in total. The zero-order valence-corrected chi connectivity index (χ0v) is 17.4. The molecule has 0 saturated heterocycles. The van der Waals surface area contributed by atoms with E-state index in [0.717, 1.165) is 22.9 Å². The van der Waals surface area contributed by atoms with Gasteiger partial charge in [0, 0.05) is 19.7 Å². The molecule has 2 aromatic carbocycles. The van der Waals surface area contributed by atoms with Gasteiger partial charge in [0.05, 0.1) is 11.1 Å². The normalized spacial score (nSPS) is 13.3. The molecule has 0 aliphatic heterocycles. The molecular weight excluding hydrogens is 410 g/mol. The van der Waals surface area contributed by atoms with Crippen LogP contribution in [0.4, 0.5) is 0 Å². The van der Waals surface area contributed by atoms with Crippen molar-refractivity contribution in [2.75, 3.05) is 26.9 Å². The summed E-state index contributed by atoms with van der Waals surface area (Å²) in [6.45, 7) is 3.41. The summed E-state index contributed by atoms with van der Waals surface area (Å²) in [5.74, 6) is 0.984. The van der Waals surface area contributed by atoms with E-state index in [1.165, 1.54) is 5.56 Å².